The van der Waals surface area contributed by atoms with E-state index in [9.17, 15) is 52.7 Å². The van der Waals surface area contributed by atoms with E-state index < -0.39 is 66.3 Å². The van der Waals surface area contributed by atoms with Gasteiger partial charge in [-0.25, -0.2) is 15.0 Å². The highest BCUT2D eigenvalue weighted by Gasteiger charge is 2.52. The molecule has 0 amide bonds. The summed E-state index contributed by atoms with van der Waals surface area (Å²) >= 11 is 0.699. The van der Waals surface area contributed by atoms with Crippen molar-refractivity contribution in [2.75, 3.05) is 0 Å². The van der Waals surface area contributed by atoms with Crippen molar-refractivity contribution < 1.29 is 52.7 Å². The maximum absolute atomic E-state index is 14.0. The van der Waals surface area contributed by atoms with Gasteiger partial charge in [0.25, 0.3) is 0 Å². The van der Waals surface area contributed by atoms with Crippen LogP contribution in [0.15, 0.2) is 0 Å². The highest BCUT2D eigenvalue weighted by atomic mass is 127. The van der Waals surface area contributed by atoms with Crippen molar-refractivity contribution in [1.29, 1.82) is 0 Å². The summed E-state index contributed by atoms with van der Waals surface area (Å²) in [4.78, 5) is 7.31. The van der Waals surface area contributed by atoms with Crippen LogP contribution in [0.4, 0.5) is 52.7 Å². The lowest BCUT2D eigenvalue weighted by atomic mass is 10.1. The molecule has 1 aromatic rings. The van der Waals surface area contributed by atoms with Gasteiger partial charge in [-0.2, -0.15) is 52.7 Å². The van der Waals surface area contributed by atoms with E-state index in [0.29, 0.717) is 0 Å². The van der Waals surface area contributed by atoms with Crippen molar-refractivity contribution in [1.82, 2.24) is 15.0 Å². The molecule has 1 aromatic heterocycles. The molecule has 0 aliphatic rings. The molecule has 0 aromatic carbocycles. The summed E-state index contributed by atoms with van der Waals surface area (Å²) < 4.78 is 149. The standard InChI is InChI=1S/C12H6F12I3N3/c13-7(14,1-10(19,20)25)4-28-5(8(15,16)2-11(21,22)26)30-6(29-4)9(17,18)3-12(23,24)27/h1-3H2. The number of rotatable bonds is 9. The van der Waals surface area contributed by atoms with Crippen molar-refractivity contribution in [2.45, 2.75) is 48.8 Å². The molecular weight excluding hydrogens is 795 g/mol. The smallest absolute Gasteiger partial charge is 0.205 e. The molecule has 30 heavy (non-hydrogen) atoms. The number of hydrogen-bond acceptors (Lipinski definition) is 3. The first kappa shape index (κ1) is 28.4. The van der Waals surface area contributed by atoms with E-state index in [0.717, 1.165) is 0 Å². The summed E-state index contributed by atoms with van der Waals surface area (Å²) in [6.07, 6.45) is -7.32. The predicted molar refractivity (Wildman–Crippen MR) is 102 cm³/mol. The van der Waals surface area contributed by atoms with Gasteiger partial charge in [0.1, 0.15) is 0 Å². The third-order valence-corrected chi connectivity index (χ3v) is 4.03. The quantitative estimate of drug-likeness (QED) is 0.149. The normalized spacial score (nSPS) is 14.9. The molecule has 0 fully saturated rings. The first-order valence-electron chi connectivity index (χ1n) is 7.05. The molecule has 0 atom stereocenters. The molecule has 0 N–H and O–H groups in total. The van der Waals surface area contributed by atoms with E-state index >= 15 is 0 Å². The lowest BCUT2D eigenvalue weighted by Crippen LogP contribution is -2.33. The maximum atomic E-state index is 14.0. The molecule has 0 unspecified atom stereocenters. The van der Waals surface area contributed by atoms with E-state index in [2.05, 4.69) is 15.0 Å². The second kappa shape index (κ2) is 8.95. The average Bonchev–Trinajstić information content (AvgIpc) is 2.39. The van der Waals surface area contributed by atoms with Crippen molar-refractivity contribution in [3.05, 3.63) is 17.5 Å². The van der Waals surface area contributed by atoms with E-state index in [-0.39, 0.29) is 67.8 Å². The molecule has 18 heteroatoms. The third kappa shape index (κ3) is 9.08. The second-order valence-electron chi connectivity index (χ2n) is 5.80. The molecule has 3 nitrogen and oxygen atoms in total. The Labute approximate surface area is 200 Å². The number of alkyl halides is 15. The lowest BCUT2D eigenvalue weighted by Gasteiger charge is -2.24. The van der Waals surface area contributed by atoms with E-state index in [1.54, 1.807) is 0 Å². The van der Waals surface area contributed by atoms with Crippen LogP contribution in [0.1, 0.15) is 36.7 Å². The first-order chi connectivity index (χ1) is 12.9. The third-order valence-electron chi connectivity index (χ3n) is 2.88. The van der Waals surface area contributed by atoms with Gasteiger partial charge in [-0.3, -0.25) is 0 Å². The summed E-state index contributed by atoms with van der Waals surface area (Å²) in [5, 5.41) is 0. The molecule has 174 valence electrons. The molecule has 0 spiro atoms. The fourth-order valence-electron chi connectivity index (χ4n) is 1.86. The molecule has 0 aliphatic carbocycles. The van der Waals surface area contributed by atoms with Gasteiger partial charge in [0.05, 0.1) is 19.3 Å². The first-order valence-corrected chi connectivity index (χ1v) is 10.3. The lowest BCUT2D eigenvalue weighted by molar-refractivity contribution is -0.0901. The van der Waals surface area contributed by atoms with Crippen molar-refractivity contribution in [3.63, 3.8) is 0 Å². The van der Waals surface area contributed by atoms with Gasteiger partial charge in [-0.15, -0.1) is 0 Å². The largest absolute Gasteiger partial charge is 0.313 e. The summed E-state index contributed by atoms with van der Waals surface area (Å²) in [6, 6.07) is 0. The van der Waals surface area contributed by atoms with Crippen molar-refractivity contribution >= 4 is 67.8 Å². The van der Waals surface area contributed by atoms with Crippen LogP contribution in [0.25, 0.3) is 0 Å². The minimum absolute atomic E-state index is 0.233. The van der Waals surface area contributed by atoms with Crippen LogP contribution in [-0.4, -0.2) is 26.7 Å². The van der Waals surface area contributed by atoms with Crippen LogP contribution in [0, 0.1) is 0 Å². The minimum atomic E-state index is -4.91. The Morgan fingerprint density at radius 1 is 0.433 bits per heavy atom. The van der Waals surface area contributed by atoms with Gasteiger partial charge in [0, 0.05) is 0 Å². The van der Waals surface area contributed by atoms with Gasteiger partial charge in [0.2, 0.25) is 17.5 Å². The number of halogens is 15. The second-order valence-corrected chi connectivity index (χ2v) is 10.5. The van der Waals surface area contributed by atoms with E-state index in [1.165, 1.54) is 0 Å². The summed E-state index contributed by atoms with van der Waals surface area (Å²) in [5.74, 6) is -21.7. The number of aromatic nitrogens is 3. The van der Waals surface area contributed by atoms with Crippen LogP contribution < -0.4 is 0 Å². The van der Waals surface area contributed by atoms with Crippen molar-refractivity contribution in [2.24, 2.45) is 0 Å². The highest BCUT2D eigenvalue weighted by molar-refractivity contribution is 14.1. The van der Waals surface area contributed by atoms with E-state index in [1.807, 2.05) is 0 Å². The van der Waals surface area contributed by atoms with E-state index in [4.69, 9.17) is 0 Å². The molecular formula is C12H6F12I3N3. The Hall–Kier alpha value is 0.360. The SMILES string of the molecule is FC(F)(I)CC(F)(F)c1nc(C(F)(F)CC(F)(F)I)nc(C(F)(F)CC(F)(F)I)n1. The maximum Gasteiger partial charge on any atom is 0.313 e. The van der Waals surface area contributed by atoms with Gasteiger partial charge in [-0.05, 0) is 67.8 Å². The Balaban J connectivity index is 3.68. The fraction of sp³-hybridized carbons (Fsp3) is 0.750. The zero-order valence-electron chi connectivity index (χ0n) is 13.6. The molecule has 0 radical (unpaired) electrons. The monoisotopic (exact) mass is 801 g/mol. The zero-order valence-corrected chi connectivity index (χ0v) is 20.1. The fourth-order valence-corrected chi connectivity index (χ4v) is 3.30. The molecule has 0 aliphatic heterocycles. The van der Waals surface area contributed by atoms with Gasteiger partial charge in [-0.1, -0.05) is 0 Å². The van der Waals surface area contributed by atoms with Crippen molar-refractivity contribution in [3.8, 4) is 0 Å². The topological polar surface area (TPSA) is 38.7 Å². The average molecular weight is 801 g/mol. The molecule has 0 saturated carbocycles. The Kier molecular flexibility index (Phi) is 8.47. The number of hydrogen-bond donors (Lipinski definition) is 0. The number of nitrogens with zero attached hydrogens (tertiary/aromatic N) is 3. The summed E-state index contributed by atoms with van der Waals surface area (Å²) in [5.41, 5.74) is 0. The Bertz CT molecular complexity index is 645. The zero-order chi connectivity index (χ0) is 24.0. The minimum Gasteiger partial charge on any atom is -0.205 e. The van der Waals surface area contributed by atoms with Crippen LogP contribution in [0.3, 0.4) is 0 Å². The molecule has 1 heterocycles. The highest BCUT2D eigenvalue weighted by Crippen LogP contribution is 2.46. The van der Waals surface area contributed by atoms with Crippen LogP contribution in [0.2, 0.25) is 0 Å². The van der Waals surface area contributed by atoms with Crippen LogP contribution in [-0.2, 0) is 17.8 Å². The van der Waals surface area contributed by atoms with Gasteiger partial charge >= 0.3 is 29.6 Å². The Morgan fingerprint density at radius 2 is 0.600 bits per heavy atom. The summed E-state index contributed by atoms with van der Waals surface area (Å²) in [6.45, 7) is 0. The summed E-state index contributed by atoms with van der Waals surface area (Å²) in [7, 11) is 0. The van der Waals surface area contributed by atoms with Gasteiger partial charge < -0.3 is 0 Å². The Morgan fingerprint density at radius 3 is 0.733 bits per heavy atom. The van der Waals surface area contributed by atoms with Gasteiger partial charge in [0.15, 0.2) is 0 Å². The molecule has 0 saturated heterocycles. The predicted octanol–water partition coefficient (Wildman–Crippen LogP) is 7.40. The van der Waals surface area contributed by atoms with Crippen LogP contribution >= 0.6 is 67.8 Å². The molecule has 0 bridgehead atoms. The molecule has 1 rings (SSSR count). The van der Waals surface area contributed by atoms with Crippen LogP contribution in [0.5, 0.6) is 0 Å².